The molecule has 0 spiro atoms. The van der Waals surface area contributed by atoms with Crippen LogP contribution in [0.2, 0.25) is 43.8 Å². The Morgan fingerprint density at radius 2 is 1.77 bits per heavy atom. The van der Waals surface area contributed by atoms with Gasteiger partial charge in [0.1, 0.15) is 6.04 Å². The number of carbonyl (C=O) groups is 2. The Balaban J connectivity index is 2.77. The Kier molecular flexibility index (Phi) is 7.48. The van der Waals surface area contributed by atoms with Gasteiger partial charge in [-0.2, -0.15) is 0 Å². The molecular weight excluding hydrogens is 368 g/mol. The zero-order chi connectivity index (χ0) is 20.3. The first kappa shape index (κ1) is 23.1. The molecule has 0 aromatic rings. The first-order valence-corrected chi connectivity index (χ1v) is 15.8. The van der Waals surface area contributed by atoms with Crippen molar-refractivity contribution in [2.24, 2.45) is 0 Å². The van der Waals surface area contributed by atoms with Crippen molar-refractivity contribution in [1.29, 1.82) is 0 Å². The second kappa shape index (κ2) is 8.41. The fourth-order valence-electron chi connectivity index (χ4n) is 2.32. The van der Waals surface area contributed by atoms with Gasteiger partial charge in [-0.15, -0.1) is 0 Å². The number of carboxylic acid groups (broad SMARTS) is 1. The van der Waals surface area contributed by atoms with E-state index in [1.54, 1.807) is 0 Å². The molecule has 1 saturated heterocycles. The highest BCUT2D eigenvalue weighted by molar-refractivity contribution is 6.76. The molecule has 0 aromatic heterocycles. The van der Waals surface area contributed by atoms with E-state index in [1.165, 1.54) is 5.01 Å². The second-order valence-electron chi connectivity index (χ2n) is 9.79. The molecule has 26 heavy (non-hydrogen) atoms. The van der Waals surface area contributed by atoms with Crippen molar-refractivity contribution in [2.45, 2.75) is 83.2 Å². The molecule has 0 saturated carbocycles. The monoisotopic (exact) mass is 404 g/mol. The van der Waals surface area contributed by atoms with Crippen LogP contribution in [0.5, 0.6) is 0 Å². The van der Waals surface area contributed by atoms with E-state index in [9.17, 15) is 14.7 Å². The lowest BCUT2D eigenvalue weighted by Gasteiger charge is -2.43. The van der Waals surface area contributed by atoms with Crippen LogP contribution in [0.3, 0.4) is 0 Å². The maximum Gasteiger partial charge on any atom is 0.424 e. The molecular formula is C17H36N2O5Si2. The highest BCUT2D eigenvalue weighted by atomic mass is 28.4. The molecule has 2 atom stereocenters. The minimum atomic E-state index is -2.07. The minimum absolute atomic E-state index is 0.0132. The van der Waals surface area contributed by atoms with Gasteiger partial charge in [0.15, 0.2) is 8.32 Å². The highest BCUT2D eigenvalue weighted by Gasteiger charge is 2.42. The summed E-state index contributed by atoms with van der Waals surface area (Å²) >= 11 is 0. The Hall–Kier alpha value is -0.906. The van der Waals surface area contributed by atoms with Gasteiger partial charge in [0.05, 0.1) is 19.3 Å². The maximum absolute atomic E-state index is 12.4. The van der Waals surface area contributed by atoms with Gasteiger partial charge in [0.25, 0.3) is 0 Å². The molecule has 152 valence electrons. The summed E-state index contributed by atoms with van der Waals surface area (Å²) < 4.78 is 11.7. The Morgan fingerprint density at radius 1 is 1.19 bits per heavy atom. The lowest BCUT2D eigenvalue weighted by atomic mass is 10.1. The number of hydrazine groups is 1. The van der Waals surface area contributed by atoms with E-state index < -0.39 is 34.5 Å². The summed E-state index contributed by atoms with van der Waals surface area (Å²) in [5.74, 6) is -0.992. The number of carboxylic acids is 1. The molecule has 2 N–H and O–H groups in total. The van der Waals surface area contributed by atoms with Gasteiger partial charge in [-0.3, -0.25) is 4.79 Å². The molecule has 1 rings (SSSR count). The van der Waals surface area contributed by atoms with Crippen molar-refractivity contribution < 1.29 is 23.9 Å². The van der Waals surface area contributed by atoms with Gasteiger partial charge in [-0.1, -0.05) is 40.4 Å². The molecule has 1 fully saturated rings. The normalized spacial score (nSPS) is 22.2. The largest absolute Gasteiger partial charge is 0.480 e. The maximum atomic E-state index is 12.4. The van der Waals surface area contributed by atoms with E-state index >= 15 is 0 Å². The van der Waals surface area contributed by atoms with Crippen molar-refractivity contribution in [1.82, 2.24) is 10.4 Å². The van der Waals surface area contributed by atoms with Crippen LogP contribution in [-0.2, 0) is 14.0 Å². The van der Waals surface area contributed by atoms with Crippen molar-refractivity contribution in [3.8, 4) is 0 Å². The predicted molar refractivity (Wildman–Crippen MR) is 107 cm³/mol. The molecule has 9 heteroatoms. The van der Waals surface area contributed by atoms with Gasteiger partial charge in [0.2, 0.25) is 0 Å². The van der Waals surface area contributed by atoms with Crippen LogP contribution in [0.15, 0.2) is 0 Å². The van der Waals surface area contributed by atoms with Gasteiger partial charge in [0, 0.05) is 14.5 Å². The standard InChI is InChI=1S/C17H36N2O5Si2/c1-17(2,3)26(7,8)24-13-11-14(15(20)21)18-19(12-13)16(22)23-9-10-25(4,5)6/h13-14,18H,9-12H2,1-8H3,(H,20,21)/t13-,14-/m1/s1. The Morgan fingerprint density at radius 3 is 2.23 bits per heavy atom. The van der Waals surface area contributed by atoms with Crippen LogP contribution >= 0.6 is 0 Å². The van der Waals surface area contributed by atoms with Gasteiger partial charge >= 0.3 is 12.1 Å². The van der Waals surface area contributed by atoms with Crippen LogP contribution in [0.4, 0.5) is 4.79 Å². The fraction of sp³-hybridized carbons (Fsp3) is 0.882. The third kappa shape index (κ3) is 7.01. The van der Waals surface area contributed by atoms with E-state index in [1.807, 2.05) is 0 Å². The molecule has 1 aliphatic heterocycles. The average Bonchev–Trinajstić information content (AvgIpc) is 2.43. The summed E-state index contributed by atoms with van der Waals surface area (Å²) in [7, 11) is -3.37. The van der Waals surface area contributed by atoms with Crippen molar-refractivity contribution in [2.75, 3.05) is 13.2 Å². The number of ether oxygens (including phenoxy) is 1. The van der Waals surface area contributed by atoms with Crippen molar-refractivity contribution in [3.63, 3.8) is 0 Å². The van der Waals surface area contributed by atoms with Crippen LogP contribution in [0.25, 0.3) is 0 Å². The fourth-order valence-corrected chi connectivity index (χ4v) is 4.39. The number of amides is 1. The summed E-state index contributed by atoms with van der Waals surface area (Å²) in [5.41, 5.74) is 2.76. The average molecular weight is 405 g/mol. The molecule has 7 nitrogen and oxygen atoms in total. The quantitative estimate of drug-likeness (QED) is 0.659. The third-order valence-electron chi connectivity index (χ3n) is 5.06. The zero-order valence-electron chi connectivity index (χ0n) is 17.5. The van der Waals surface area contributed by atoms with E-state index in [4.69, 9.17) is 9.16 Å². The smallest absolute Gasteiger partial charge is 0.424 e. The number of nitrogens with zero attached hydrogens (tertiary/aromatic N) is 1. The summed E-state index contributed by atoms with van der Waals surface area (Å²) in [6, 6.07) is 0.0156. The topological polar surface area (TPSA) is 88.1 Å². The number of rotatable bonds is 6. The summed E-state index contributed by atoms with van der Waals surface area (Å²) in [4.78, 5) is 23.9. The number of hydrogen-bond acceptors (Lipinski definition) is 5. The molecule has 1 amide bonds. The van der Waals surface area contributed by atoms with Crippen molar-refractivity contribution in [3.05, 3.63) is 0 Å². The van der Waals surface area contributed by atoms with Crippen LogP contribution in [0, 0.1) is 0 Å². The molecule has 0 bridgehead atoms. The highest BCUT2D eigenvalue weighted by Crippen LogP contribution is 2.38. The van der Waals surface area contributed by atoms with Gasteiger partial charge < -0.3 is 14.3 Å². The zero-order valence-corrected chi connectivity index (χ0v) is 19.5. The predicted octanol–water partition coefficient (Wildman–Crippen LogP) is 3.52. The Bertz CT molecular complexity index is 514. The first-order chi connectivity index (χ1) is 11.6. The lowest BCUT2D eigenvalue weighted by molar-refractivity contribution is -0.143. The van der Waals surface area contributed by atoms with E-state index in [0.29, 0.717) is 19.6 Å². The third-order valence-corrected chi connectivity index (χ3v) is 11.3. The number of nitrogens with one attached hydrogen (secondary N) is 1. The SMILES string of the molecule is CC(C)(C)[Si](C)(C)O[C@@H]1C[C@H](C(=O)O)NN(C(=O)OCC[Si](C)(C)C)C1. The molecule has 1 heterocycles. The van der Waals surface area contributed by atoms with E-state index in [-0.39, 0.29) is 11.1 Å². The van der Waals surface area contributed by atoms with E-state index in [2.05, 4.69) is 58.9 Å². The molecule has 1 aliphatic rings. The van der Waals surface area contributed by atoms with Gasteiger partial charge in [-0.25, -0.2) is 15.2 Å². The molecule has 0 radical (unpaired) electrons. The molecule has 0 aliphatic carbocycles. The summed E-state index contributed by atoms with van der Waals surface area (Å²) in [6.07, 6.45) is -0.513. The number of hydrogen-bond donors (Lipinski definition) is 2. The first-order valence-electron chi connectivity index (χ1n) is 9.23. The van der Waals surface area contributed by atoms with Crippen molar-refractivity contribution >= 4 is 28.5 Å². The molecule has 0 aromatic carbocycles. The molecule has 0 unspecified atom stereocenters. The minimum Gasteiger partial charge on any atom is -0.480 e. The lowest BCUT2D eigenvalue weighted by Crippen LogP contribution is -2.61. The number of carbonyl (C=O) groups excluding carboxylic acids is 1. The van der Waals surface area contributed by atoms with Crippen LogP contribution < -0.4 is 5.43 Å². The van der Waals surface area contributed by atoms with Gasteiger partial charge in [-0.05, 0) is 24.2 Å². The van der Waals surface area contributed by atoms with Crippen LogP contribution in [0.1, 0.15) is 27.2 Å². The Labute approximate surface area is 159 Å². The number of aliphatic carboxylic acids is 1. The van der Waals surface area contributed by atoms with Crippen LogP contribution in [-0.4, -0.2) is 63.9 Å². The summed E-state index contributed by atoms with van der Waals surface area (Å²) in [5, 5.41) is 10.7. The second-order valence-corrected chi connectivity index (χ2v) is 20.2. The summed E-state index contributed by atoms with van der Waals surface area (Å²) in [6.45, 7) is 18.0. The van der Waals surface area contributed by atoms with E-state index in [0.717, 1.165) is 6.04 Å².